The zero-order valence-corrected chi connectivity index (χ0v) is 19.1. The average molecular weight is 513 g/mol. The predicted octanol–water partition coefficient (Wildman–Crippen LogP) is 2.60. The molecule has 0 unspecified atom stereocenters. The number of ether oxygens (including phenoxy) is 2. The van der Waals surface area contributed by atoms with Crippen LogP contribution in [0.3, 0.4) is 0 Å². The predicted molar refractivity (Wildman–Crippen MR) is 111 cm³/mol. The van der Waals surface area contributed by atoms with Gasteiger partial charge in [-0.15, -0.1) is 0 Å². The zero-order valence-electron chi connectivity index (χ0n) is 17.6. The Morgan fingerprint density at radius 1 is 1.21 bits per heavy atom. The molecule has 0 saturated carbocycles. The van der Waals surface area contributed by atoms with Gasteiger partial charge in [-0.05, 0) is 43.9 Å². The van der Waals surface area contributed by atoms with Gasteiger partial charge in [-0.2, -0.15) is 17.5 Å². The number of piperidine rings is 1. The second-order valence-electron chi connectivity index (χ2n) is 7.86. The van der Waals surface area contributed by atoms with Crippen LogP contribution < -0.4 is 5.32 Å². The number of hydrogen-bond acceptors (Lipinski definition) is 6. The monoisotopic (exact) mass is 512 g/mol. The lowest BCUT2D eigenvalue weighted by Gasteiger charge is -2.30. The van der Waals surface area contributed by atoms with Gasteiger partial charge in [-0.25, -0.2) is 8.42 Å². The molecule has 13 heteroatoms. The van der Waals surface area contributed by atoms with Crippen molar-refractivity contribution in [2.75, 3.05) is 32.8 Å². The van der Waals surface area contributed by atoms with Crippen LogP contribution in [0, 0.1) is 5.92 Å². The molecule has 1 aromatic carbocycles. The number of rotatable bonds is 7. The lowest BCUT2D eigenvalue weighted by atomic mass is 9.98. The molecule has 33 heavy (non-hydrogen) atoms. The first-order chi connectivity index (χ1) is 15.5. The number of carbonyl (C=O) groups is 2. The number of amides is 1. The van der Waals surface area contributed by atoms with E-state index in [2.05, 4.69) is 5.32 Å². The van der Waals surface area contributed by atoms with E-state index in [0.717, 1.165) is 29.3 Å². The smallest absolute Gasteiger partial charge is 0.417 e. The lowest BCUT2D eigenvalue weighted by molar-refractivity contribution is -0.153. The van der Waals surface area contributed by atoms with E-state index in [-0.39, 0.29) is 32.0 Å². The third-order valence-electron chi connectivity index (χ3n) is 5.56. The van der Waals surface area contributed by atoms with Gasteiger partial charge in [0.1, 0.15) is 0 Å². The van der Waals surface area contributed by atoms with Crippen molar-refractivity contribution in [3.8, 4) is 0 Å². The second-order valence-corrected chi connectivity index (χ2v) is 10.2. The largest absolute Gasteiger partial charge is 0.455 e. The van der Waals surface area contributed by atoms with Gasteiger partial charge >= 0.3 is 12.1 Å². The number of esters is 1. The summed E-state index contributed by atoms with van der Waals surface area (Å²) in [5.74, 6) is -1.69. The molecule has 3 rings (SSSR count). The molecule has 2 fully saturated rings. The Bertz CT molecular complexity index is 975. The third kappa shape index (κ3) is 6.58. The van der Waals surface area contributed by atoms with Crippen LogP contribution >= 0.6 is 11.6 Å². The maximum atomic E-state index is 13.1. The fraction of sp³-hybridized carbons (Fsp3) is 0.600. The highest BCUT2D eigenvalue weighted by molar-refractivity contribution is 7.89. The molecule has 1 N–H and O–H groups in total. The normalized spacial score (nSPS) is 20.5. The molecule has 8 nitrogen and oxygen atoms in total. The standard InChI is InChI=1S/C20H24ClF3N2O6S/c21-17-4-3-15(10-16(17)20(22,23)24)33(29,30)26-7-5-13(6-8-26)19(28)32-12-18(27)25-11-14-2-1-9-31-14/h3-4,10,13-14H,1-2,5-9,11-12H2,(H,25,27)/t14-/m1/s1. The first-order valence-corrected chi connectivity index (χ1v) is 12.2. The highest BCUT2D eigenvalue weighted by Crippen LogP contribution is 2.36. The fourth-order valence-corrected chi connectivity index (χ4v) is 5.42. The first kappa shape index (κ1) is 25.7. The van der Waals surface area contributed by atoms with Gasteiger partial charge < -0.3 is 14.8 Å². The molecular weight excluding hydrogens is 489 g/mol. The fourth-order valence-electron chi connectivity index (χ4n) is 3.70. The van der Waals surface area contributed by atoms with Crippen molar-refractivity contribution in [3.63, 3.8) is 0 Å². The van der Waals surface area contributed by atoms with Crippen molar-refractivity contribution in [2.45, 2.75) is 42.9 Å². The van der Waals surface area contributed by atoms with Crippen LogP contribution in [0.15, 0.2) is 23.1 Å². The molecule has 184 valence electrons. The molecule has 1 aromatic rings. The summed E-state index contributed by atoms with van der Waals surface area (Å²) in [6, 6.07) is 2.42. The molecule has 0 aromatic heterocycles. The Kier molecular flexibility index (Phi) is 8.25. The molecule has 2 aliphatic rings. The van der Waals surface area contributed by atoms with E-state index in [1.807, 2.05) is 0 Å². The molecule has 0 radical (unpaired) electrons. The van der Waals surface area contributed by atoms with E-state index in [0.29, 0.717) is 19.2 Å². The van der Waals surface area contributed by atoms with Crippen molar-refractivity contribution in [1.82, 2.24) is 9.62 Å². The number of benzene rings is 1. The van der Waals surface area contributed by atoms with Crippen molar-refractivity contribution < 1.29 is 40.7 Å². The van der Waals surface area contributed by atoms with Crippen LogP contribution in [-0.2, 0) is 35.3 Å². The third-order valence-corrected chi connectivity index (χ3v) is 7.79. The van der Waals surface area contributed by atoms with E-state index < -0.39 is 56.1 Å². The van der Waals surface area contributed by atoms with Crippen molar-refractivity contribution in [1.29, 1.82) is 0 Å². The second kappa shape index (κ2) is 10.6. The van der Waals surface area contributed by atoms with Crippen LogP contribution in [0.4, 0.5) is 13.2 Å². The summed E-state index contributed by atoms with van der Waals surface area (Å²) in [4.78, 5) is 23.6. The van der Waals surface area contributed by atoms with Crippen molar-refractivity contribution in [2.24, 2.45) is 5.92 Å². The summed E-state index contributed by atoms with van der Waals surface area (Å²) in [6.45, 7) is 0.405. The highest BCUT2D eigenvalue weighted by atomic mass is 35.5. The number of hydrogen-bond donors (Lipinski definition) is 1. The molecule has 2 heterocycles. The maximum absolute atomic E-state index is 13.1. The Labute approximate surface area is 194 Å². The Morgan fingerprint density at radius 3 is 2.52 bits per heavy atom. The summed E-state index contributed by atoms with van der Waals surface area (Å²) in [5.41, 5.74) is -1.23. The van der Waals surface area contributed by atoms with E-state index in [1.54, 1.807) is 0 Å². The van der Waals surface area contributed by atoms with Gasteiger partial charge in [0.2, 0.25) is 10.0 Å². The van der Waals surface area contributed by atoms with Gasteiger partial charge in [0.05, 0.1) is 27.5 Å². The van der Waals surface area contributed by atoms with Crippen LogP contribution in [0.1, 0.15) is 31.2 Å². The number of nitrogens with zero attached hydrogens (tertiary/aromatic N) is 1. The molecule has 1 amide bonds. The summed E-state index contributed by atoms with van der Waals surface area (Å²) in [6.07, 6.45) is -2.80. The molecule has 0 aliphatic carbocycles. The van der Waals surface area contributed by atoms with Crippen molar-refractivity contribution in [3.05, 3.63) is 28.8 Å². The minimum absolute atomic E-state index is 0.0382. The minimum Gasteiger partial charge on any atom is -0.455 e. The SMILES string of the molecule is O=C(COC(=O)C1CCN(S(=O)(=O)c2ccc(Cl)c(C(F)(F)F)c2)CC1)NC[C@H]1CCCO1. The van der Waals surface area contributed by atoms with E-state index in [9.17, 15) is 31.2 Å². The topological polar surface area (TPSA) is 102 Å². The van der Waals surface area contributed by atoms with Gasteiger partial charge in [0, 0.05) is 26.2 Å². The number of carbonyl (C=O) groups excluding carboxylic acids is 2. The quantitative estimate of drug-likeness (QED) is 0.563. The number of sulfonamides is 1. The molecule has 2 saturated heterocycles. The van der Waals surface area contributed by atoms with E-state index in [1.165, 1.54) is 0 Å². The van der Waals surface area contributed by atoms with E-state index >= 15 is 0 Å². The van der Waals surface area contributed by atoms with Crippen molar-refractivity contribution >= 4 is 33.5 Å². The van der Waals surface area contributed by atoms with Crippen LogP contribution in [-0.4, -0.2) is 63.6 Å². The zero-order chi connectivity index (χ0) is 24.2. The van der Waals surface area contributed by atoms with Crippen LogP contribution in [0.25, 0.3) is 0 Å². The summed E-state index contributed by atoms with van der Waals surface area (Å²) < 4.78 is 76.2. The molecule has 2 aliphatic heterocycles. The van der Waals surface area contributed by atoms with Crippen LogP contribution in [0.2, 0.25) is 5.02 Å². The lowest BCUT2D eigenvalue weighted by Crippen LogP contribution is -2.41. The number of alkyl halides is 3. The molecule has 0 spiro atoms. The van der Waals surface area contributed by atoms with Gasteiger partial charge in [0.15, 0.2) is 6.61 Å². The van der Waals surface area contributed by atoms with Gasteiger partial charge in [-0.3, -0.25) is 9.59 Å². The Balaban J connectivity index is 1.50. The molecule has 0 bridgehead atoms. The number of halogens is 4. The van der Waals surface area contributed by atoms with Crippen LogP contribution in [0.5, 0.6) is 0 Å². The first-order valence-electron chi connectivity index (χ1n) is 10.4. The summed E-state index contributed by atoms with van der Waals surface area (Å²) >= 11 is 5.56. The van der Waals surface area contributed by atoms with Gasteiger partial charge in [-0.1, -0.05) is 11.6 Å². The highest BCUT2D eigenvalue weighted by Gasteiger charge is 2.37. The number of nitrogens with one attached hydrogen (secondary N) is 1. The van der Waals surface area contributed by atoms with Gasteiger partial charge in [0.25, 0.3) is 5.91 Å². The average Bonchev–Trinajstić information content (AvgIpc) is 3.29. The molecular formula is C20H24ClF3N2O6S. The molecule has 1 atom stereocenters. The summed E-state index contributed by atoms with van der Waals surface area (Å²) in [7, 11) is -4.21. The maximum Gasteiger partial charge on any atom is 0.417 e. The summed E-state index contributed by atoms with van der Waals surface area (Å²) in [5, 5.41) is 2.03. The Hall–Kier alpha value is -1.89. The van der Waals surface area contributed by atoms with E-state index in [4.69, 9.17) is 21.1 Å². The Morgan fingerprint density at radius 2 is 1.91 bits per heavy atom. The minimum atomic E-state index is -4.80.